The summed E-state index contributed by atoms with van der Waals surface area (Å²) in [7, 11) is 0. The number of carbonyl (C=O) groups is 1. The van der Waals surface area contributed by atoms with E-state index in [0.29, 0.717) is 5.56 Å². The summed E-state index contributed by atoms with van der Waals surface area (Å²) in [5.74, 6) is -1.11. The van der Waals surface area contributed by atoms with Crippen molar-refractivity contribution in [1.29, 1.82) is 0 Å². The Labute approximate surface area is 100 Å². The molecular formula is C13H16O4. The predicted molar refractivity (Wildman–Crippen MR) is 63.3 cm³/mol. The summed E-state index contributed by atoms with van der Waals surface area (Å²) in [5.41, 5.74) is -1.01. The summed E-state index contributed by atoms with van der Waals surface area (Å²) in [6, 6.07) is 8.65. The molecule has 0 heterocycles. The molecule has 0 spiro atoms. The molecule has 0 saturated heterocycles. The molecule has 0 aliphatic carbocycles. The monoisotopic (exact) mass is 236 g/mol. The first-order valence-corrected chi connectivity index (χ1v) is 5.26. The molecule has 0 amide bonds. The number of hydrogen-bond donors (Lipinski definition) is 1. The molecule has 1 rings (SSSR count). The van der Waals surface area contributed by atoms with Crippen LogP contribution in [0.15, 0.2) is 43.0 Å². The number of rotatable bonds is 6. The minimum atomic E-state index is -1.53. The van der Waals surface area contributed by atoms with Gasteiger partial charge in [0.15, 0.2) is 0 Å². The summed E-state index contributed by atoms with van der Waals surface area (Å²) in [5, 5.41) is 9.24. The second kappa shape index (κ2) is 5.61. The van der Waals surface area contributed by atoms with E-state index >= 15 is 0 Å². The maximum absolute atomic E-state index is 11.3. The minimum Gasteiger partial charge on any atom is -0.479 e. The largest absolute Gasteiger partial charge is 0.479 e. The molecule has 0 radical (unpaired) electrons. The van der Waals surface area contributed by atoms with Gasteiger partial charge in [-0.05, 0) is 19.4 Å². The van der Waals surface area contributed by atoms with Gasteiger partial charge in [0.1, 0.15) is 6.10 Å². The highest BCUT2D eigenvalue weighted by atomic mass is 17.2. The van der Waals surface area contributed by atoms with Crippen LogP contribution in [0.3, 0.4) is 0 Å². The van der Waals surface area contributed by atoms with Gasteiger partial charge in [0.05, 0.1) is 0 Å². The van der Waals surface area contributed by atoms with Crippen molar-refractivity contribution in [3.8, 4) is 0 Å². The van der Waals surface area contributed by atoms with Gasteiger partial charge in [-0.2, -0.15) is 0 Å². The minimum absolute atomic E-state index is 0.377. The van der Waals surface area contributed by atoms with Crippen LogP contribution < -0.4 is 0 Å². The lowest BCUT2D eigenvalue weighted by Crippen LogP contribution is -2.36. The van der Waals surface area contributed by atoms with Gasteiger partial charge >= 0.3 is 5.97 Å². The van der Waals surface area contributed by atoms with Gasteiger partial charge in [0.25, 0.3) is 0 Å². The van der Waals surface area contributed by atoms with Crippen LogP contribution in [0.2, 0.25) is 0 Å². The topological polar surface area (TPSA) is 55.8 Å². The fourth-order valence-corrected chi connectivity index (χ4v) is 1.17. The Morgan fingerprint density at radius 2 is 2.06 bits per heavy atom. The van der Waals surface area contributed by atoms with E-state index in [1.165, 1.54) is 13.0 Å². The summed E-state index contributed by atoms with van der Waals surface area (Å²) in [6.07, 6.45) is 1.14. The smallest absolute Gasteiger partial charge is 0.343 e. The standard InChI is InChI=1S/C13H16O4/c1-4-10(2)16-17-13(3,12(14)15)11-8-6-5-7-9-11/h4-10H,1H2,2-3H3,(H,14,15). The van der Waals surface area contributed by atoms with Gasteiger partial charge < -0.3 is 5.11 Å². The fourth-order valence-electron chi connectivity index (χ4n) is 1.17. The summed E-state index contributed by atoms with van der Waals surface area (Å²) in [4.78, 5) is 21.3. The van der Waals surface area contributed by atoms with Crippen molar-refractivity contribution in [3.05, 3.63) is 48.6 Å². The van der Waals surface area contributed by atoms with Crippen LogP contribution in [-0.2, 0) is 20.2 Å². The molecule has 17 heavy (non-hydrogen) atoms. The number of carboxylic acids is 1. The Bertz CT molecular complexity index is 388. The van der Waals surface area contributed by atoms with E-state index in [9.17, 15) is 9.90 Å². The summed E-state index contributed by atoms with van der Waals surface area (Å²) < 4.78 is 0. The lowest BCUT2D eigenvalue weighted by atomic mass is 9.96. The highest BCUT2D eigenvalue weighted by Crippen LogP contribution is 2.26. The summed E-state index contributed by atoms with van der Waals surface area (Å²) >= 11 is 0. The van der Waals surface area contributed by atoms with Crippen molar-refractivity contribution in [2.24, 2.45) is 0 Å². The molecule has 0 saturated carbocycles. The van der Waals surface area contributed by atoms with Gasteiger partial charge in [-0.25, -0.2) is 14.6 Å². The predicted octanol–water partition coefficient (Wildman–Crippen LogP) is 2.51. The molecule has 1 N–H and O–H groups in total. The molecule has 0 aliphatic heterocycles. The van der Waals surface area contributed by atoms with E-state index in [0.717, 1.165) is 0 Å². The van der Waals surface area contributed by atoms with Crippen LogP contribution in [0, 0.1) is 0 Å². The molecule has 0 fully saturated rings. The third kappa shape index (κ3) is 3.15. The zero-order chi connectivity index (χ0) is 12.9. The van der Waals surface area contributed by atoms with E-state index in [-0.39, 0.29) is 6.10 Å². The van der Waals surface area contributed by atoms with E-state index in [2.05, 4.69) is 6.58 Å². The summed E-state index contributed by atoms with van der Waals surface area (Å²) in [6.45, 7) is 6.68. The third-order valence-electron chi connectivity index (χ3n) is 2.43. The quantitative estimate of drug-likeness (QED) is 0.468. The molecule has 1 aromatic rings. The molecule has 0 aromatic heterocycles. The van der Waals surface area contributed by atoms with Gasteiger partial charge in [-0.3, -0.25) is 0 Å². The van der Waals surface area contributed by atoms with Crippen LogP contribution in [0.4, 0.5) is 0 Å². The molecule has 2 atom stereocenters. The SMILES string of the molecule is C=CC(C)OOC(C)(C(=O)O)c1ccccc1. The first-order chi connectivity index (χ1) is 8.00. The van der Waals surface area contributed by atoms with Crippen LogP contribution in [-0.4, -0.2) is 17.2 Å². The molecule has 0 aliphatic rings. The molecule has 92 valence electrons. The van der Waals surface area contributed by atoms with E-state index in [4.69, 9.17) is 9.78 Å². The van der Waals surface area contributed by atoms with Crippen molar-refractivity contribution < 1.29 is 19.7 Å². The second-order valence-electron chi connectivity index (χ2n) is 3.82. The average Bonchev–Trinajstić information content (AvgIpc) is 2.36. The normalized spacial score (nSPS) is 15.9. The fraction of sp³-hybridized carbons (Fsp3) is 0.308. The number of carboxylic acid groups (broad SMARTS) is 1. The van der Waals surface area contributed by atoms with Crippen LogP contribution in [0.1, 0.15) is 19.4 Å². The molecule has 4 heteroatoms. The Morgan fingerprint density at radius 1 is 1.47 bits per heavy atom. The molecular weight excluding hydrogens is 220 g/mol. The Morgan fingerprint density at radius 3 is 2.53 bits per heavy atom. The average molecular weight is 236 g/mol. The Kier molecular flexibility index (Phi) is 4.43. The van der Waals surface area contributed by atoms with Crippen molar-refractivity contribution in [3.63, 3.8) is 0 Å². The van der Waals surface area contributed by atoms with Crippen molar-refractivity contribution in [2.45, 2.75) is 25.6 Å². The third-order valence-corrected chi connectivity index (χ3v) is 2.43. The molecule has 2 unspecified atom stereocenters. The first kappa shape index (κ1) is 13.4. The number of aliphatic carboxylic acids is 1. The maximum atomic E-state index is 11.3. The van der Waals surface area contributed by atoms with Gasteiger partial charge in [-0.15, -0.1) is 6.58 Å². The zero-order valence-corrected chi connectivity index (χ0v) is 9.92. The van der Waals surface area contributed by atoms with Crippen LogP contribution in [0.5, 0.6) is 0 Å². The number of benzene rings is 1. The van der Waals surface area contributed by atoms with Gasteiger partial charge in [0.2, 0.25) is 5.60 Å². The Balaban J connectivity index is 2.91. The second-order valence-corrected chi connectivity index (χ2v) is 3.82. The molecule has 4 nitrogen and oxygen atoms in total. The van der Waals surface area contributed by atoms with Crippen LogP contribution in [0.25, 0.3) is 0 Å². The van der Waals surface area contributed by atoms with E-state index in [1.807, 2.05) is 0 Å². The lowest BCUT2D eigenvalue weighted by Gasteiger charge is -2.25. The zero-order valence-electron chi connectivity index (χ0n) is 9.92. The molecule has 0 bridgehead atoms. The van der Waals surface area contributed by atoms with E-state index in [1.54, 1.807) is 37.3 Å². The lowest BCUT2D eigenvalue weighted by molar-refractivity contribution is -0.367. The van der Waals surface area contributed by atoms with E-state index < -0.39 is 11.6 Å². The maximum Gasteiger partial charge on any atom is 0.343 e. The van der Waals surface area contributed by atoms with Gasteiger partial charge in [0, 0.05) is 0 Å². The molecule has 1 aromatic carbocycles. The van der Waals surface area contributed by atoms with Crippen molar-refractivity contribution >= 4 is 5.97 Å². The van der Waals surface area contributed by atoms with Crippen LogP contribution >= 0.6 is 0 Å². The van der Waals surface area contributed by atoms with Gasteiger partial charge in [-0.1, -0.05) is 36.4 Å². The highest BCUT2D eigenvalue weighted by Gasteiger charge is 2.38. The number of hydrogen-bond acceptors (Lipinski definition) is 3. The first-order valence-electron chi connectivity index (χ1n) is 5.26. The van der Waals surface area contributed by atoms with Crippen molar-refractivity contribution in [2.75, 3.05) is 0 Å². The Hall–Kier alpha value is -1.65. The van der Waals surface area contributed by atoms with Crippen molar-refractivity contribution in [1.82, 2.24) is 0 Å². The highest BCUT2D eigenvalue weighted by molar-refractivity contribution is 5.78.